The number of rotatable bonds is 0. The van der Waals surface area contributed by atoms with Gasteiger partial charge in [-0.3, -0.25) is 9.59 Å². The van der Waals surface area contributed by atoms with Crippen molar-refractivity contribution in [2.24, 2.45) is 0 Å². The highest BCUT2D eigenvalue weighted by Crippen LogP contribution is 2.21. The van der Waals surface area contributed by atoms with E-state index in [1.165, 1.54) is 5.06 Å². The maximum absolute atomic E-state index is 11.4. The molecule has 2 aliphatic heterocycles. The molecule has 16 heavy (non-hydrogen) atoms. The number of hydrogen-bond donors (Lipinski definition) is 0. The van der Waals surface area contributed by atoms with Crippen LogP contribution in [-0.2, 0) is 19.2 Å². The van der Waals surface area contributed by atoms with Crippen LogP contribution in [0.5, 0.6) is 0 Å². The summed E-state index contributed by atoms with van der Waals surface area (Å²) in [4.78, 5) is 28.1. The van der Waals surface area contributed by atoms with Crippen molar-refractivity contribution in [3.8, 4) is 0 Å². The molecule has 0 aromatic heterocycles. The average molecular weight is 227 g/mol. The summed E-state index contributed by atoms with van der Waals surface area (Å²) < 4.78 is 5.29. The summed E-state index contributed by atoms with van der Waals surface area (Å²) >= 11 is 0. The Labute approximate surface area is 94.6 Å². The fourth-order valence-electron chi connectivity index (χ4n) is 2.02. The van der Waals surface area contributed by atoms with E-state index in [9.17, 15) is 9.59 Å². The third kappa shape index (κ3) is 2.95. The molecule has 2 aliphatic rings. The van der Waals surface area contributed by atoms with E-state index < -0.39 is 0 Å². The van der Waals surface area contributed by atoms with Crippen LogP contribution in [-0.4, -0.2) is 29.8 Å². The molecule has 90 valence electrons. The van der Waals surface area contributed by atoms with Crippen molar-refractivity contribution in [1.82, 2.24) is 5.06 Å². The molecule has 0 aromatic rings. The topological polar surface area (TPSA) is 55.8 Å². The van der Waals surface area contributed by atoms with Crippen molar-refractivity contribution in [3.63, 3.8) is 0 Å². The minimum atomic E-state index is -0.372. The number of piperidine rings is 1. The fraction of sp³-hybridized carbons (Fsp3) is 0.818. The SMILES string of the molecule is O=C1CCCCC(=O)ON2CCCCC2O1. The van der Waals surface area contributed by atoms with Gasteiger partial charge in [-0.1, -0.05) is 5.06 Å². The Balaban J connectivity index is 2.01. The first-order chi connectivity index (χ1) is 7.75. The van der Waals surface area contributed by atoms with Gasteiger partial charge in [0.05, 0.1) is 0 Å². The Morgan fingerprint density at radius 3 is 2.56 bits per heavy atom. The Hall–Kier alpha value is -1.10. The van der Waals surface area contributed by atoms with Crippen LogP contribution in [0.2, 0.25) is 0 Å². The lowest BCUT2D eigenvalue weighted by atomic mass is 10.1. The van der Waals surface area contributed by atoms with E-state index in [0.717, 1.165) is 19.3 Å². The number of ether oxygens (including phenoxy) is 1. The summed E-state index contributed by atoms with van der Waals surface area (Å²) in [5.41, 5.74) is 0. The summed E-state index contributed by atoms with van der Waals surface area (Å²) in [7, 11) is 0. The van der Waals surface area contributed by atoms with Gasteiger partial charge in [-0.15, -0.1) is 0 Å². The monoisotopic (exact) mass is 227 g/mol. The first-order valence-electron chi connectivity index (χ1n) is 5.92. The first-order valence-corrected chi connectivity index (χ1v) is 5.92. The van der Waals surface area contributed by atoms with Crippen LogP contribution in [0.3, 0.4) is 0 Å². The molecule has 2 rings (SSSR count). The lowest BCUT2D eigenvalue weighted by Crippen LogP contribution is -2.43. The highest BCUT2D eigenvalue weighted by molar-refractivity contribution is 5.71. The molecule has 5 heteroatoms. The number of carbonyl (C=O) groups excluding carboxylic acids is 2. The van der Waals surface area contributed by atoms with E-state index in [1.807, 2.05) is 0 Å². The van der Waals surface area contributed by atoms with Gasteiger partial charge >= 0.3 is 11.9 Å². The lowest BCUT2D eigenvalue weighted by Gasteiger charge is -2.33. The maximum Gasteiger partial charge on any atom is 0.325 e. The molecule has 0 aliphatic carbocycles. The molecule has 2 saturated heterocycles. The molecule has 0 spiro atoms. The molecule has 0 N–H and O–H groups in total. The second kappa shape index (κ2) is 5.30. The molecule has 0 bridgehead atoms. The van der Waals surface area contributed by atoms with Crippen molar-refractivity contribution in [2.45, 2.75) is 51.2 Å². The zero-order valence-electron chi connectivity index (χ0n) is 9.31. The van der Waals surface area contributed by atoms with Crippen LogP contribution >= 0.6 is 0 Å². The molecular formula is C11H17NO4. The summed E-state index contributed by atoms with van der Waals surface area (Å²) in [5.74, 6) is -0.403. The van der Waals surface area contributed by atoms with E-state index in [2.05, 4.69) is 0 Å². The highest BCUT2D eigenvalue weighted by atomic mass is 16.7. The molecule has 2 fully saturated rings. The molecule has 0 saturated carbocycles. The van der Waals surface area contributed by atoms with Gasteiger partial charge in [0.15, 0.2) is 6.23 Å². The van der Waals surface area contributed by atoms with Crippen molar-refractivity contribution in [2.75, 3.05) is 6.54 Å². The molecule has 0 radical (unpaired) electrons. The summed E-state index contributed by atoms with van der Waals surface area (Å²) in [5, 5.41) is 1.52. The van der Waals surface area contributed by atoms with Gasteiger partial charge in [-0.2, -0.15) is 0 Å². The second-order valence-electron chi connectivity index (χ2n) is 4.25. The minimum Gasteiger partial charge on any atom is -0.443 e. The van der Waals surface area contributed by atoms with Gasteiger partial charge < -0.3 is 9.57 Å². The van der Waals surface area contributed by atoms with Crippen molar-refractivity contribution in [3.05, 3.63) is 0 Å². The Morgan fingerprint density at radius 2 is 1.75 bits per heavy atom. The van der Waals surface area contributed by atoms with Gasteiger partial charge in [0.1, 0.15) is 0 Å². The van der Waals surface area contributed by atoms with E-state index >= 15 is 0 Å². The van der Waals surface area contributed by atoms with Crippen molar-refractivity contribution < 1.29 is 19.2 Å². The highest BCUT2D eigenvalue weighted by Gasteiger charge is 2.29. The Bertz CT molecular complexity index is 251. The number of carbonyl (C=O) groups is 2. The molecule has 0 aromatic carbocycles. The number of hydroxylamine groups is 2. The number of hydrogen-bond acceptors (Lipinski definition) is 5. The number of fused-ring (bicyclic) bond motifs is 1. The summed E-state index contributed by atoms with van der Waals surface area (Å²) in [6, 6.07) is 0. The van der Waals surface area contributed by atoms with E-state index in [0.29, 0.717) is 32.2 Å². The molecular weight excluding hydrogens is 210 g/mol. The lowest BCUT2D eigenvalue weighted by molar-refractivity contribution is -0.251. The molecule has 1 unspecified atom stereocenters. The van der Waals surface area contributed by atoms with Crippen molar-refractivity contribution >= 4 is 11.9 Å². The normalized spacial score (nSPS) is 28.9. The van der Waals surface area contributed by atoms with Gasteiger partial charge in [0, 0.05) is 25.8 Å². The number of esters is 1. The van der Waals surface area contributed by atoms with Gasteiger partial charge in [0.25, 0.3) is 0 Å². The zero-order valence-corrected chi connectivity index (χ0v) is 9.31. The van der Waals surface area contributed by atoms with E-state index in [4.69, 9.17) is 9.57 Å². The summed E-state index contributed by atoms with van der Waals surface area (Å²) in [6.45, 7) is 0.656. The third-order valence-electron chi connectivity index (χ3n) is 2.90. The quantitative estimate of drug-likeness (QED) is 0.585. The van der Waals surface area contributed by atoms with Crippen LogP contribution in [0.1, 0.15) is 44.9 Å². The van der Waals surface area contributed by atoms with E-state index in [1.54, 1.807) is 0 Å². The third-order valence-corrected chi connectivity index (χ3v) is 2.90. The van der Waals surface area contributed by atoms with E-state index in [-0.39, 0.29) is 18.2 Å². The fourth-order valence-corrected chi connectivity index (χ4v) is 2.02. The predicted molar refractivity (Wildman–Crippen MR) is 55.0 cm³/mol. The van der Waals surface area contributed by atoms with Crippen LogP contribution in [0, 0.1) is 0 Å². The average Bonchev–Trinajstić information content (AvgIpc) is 2.27. The standard InChI is InChI=1S/C11H17NO4/c13-10-6-1-2-7-11(14)16-12-8-4-3-5-9(12)15-10/h9H,1-8H2. The Kier molecular flexibility index (Phi) is 3.77. The minimum absolute atomic E-state index is 0.185. The zero-order chi connectivity index (χ0) is 11.4. The van der Waals surface area contributed by atoms with Gasteiger partial charge in [0.2, 0.25) is 0 Å². The maximum atomic E-state index is 11.4. The smallest absolute Gasteiger partial charge is 0.325 e. The van der Waals surface area contributed by atoms with Crippen LogP contribution < -0.4 is 0 Å². The van der Waals surface area contributed by atoms with Crippen LogP contribution in [0.4, 0.5) is 0 Å². The van der Waals surface area contributed by atoms with Crippen LogP contribution in [0.15, 0.2) is 0 Å². The first kappa shape index (κ1) is 11.4. The molecule has 1 atom stereocenters. The van der Waals surface area contributed by atoms with Crippen LogP contribution in [0.25, 0.3) is 0 Å². The molecule has 2 heterocycles. The predicted octanol–water partition coefficient (Wildman–Crippen LogP) is 1.37. The van der Waals surface area contributed by atoms with Gasteiger partial charge in [-0.25, -0.2) is 0 Å². The summed E-state index contributed by atoms with van der Waals surface area (Å²) in [6.07, 6.45) is 4.52. The number of nitrogens with zero attached hydrogens (tertiary/aromatic N) is 1. The Morgan fingerprint density at radius 1 is 1.00 bits per heavy atom. The molecule has 5 nitrogen and oxygen atoms in total. The van der Waals surface area contributed by atoms with Gasteiger partial charge in [-0.05, 0) is 25.7 Å². The van der Waals surface area contributed by atoms with Crippen molar-refractivity contribution in [1.29, 1.82) is 0 Å². The second-order valence-corrected chi connectivity index (χ2v) is 4.25. The largest absolute Gasteiger partial charge is 0.443 e. The molecule has 0 amide bonds.